The van der Waals surface area contributed by atoms with Crippen LogP contribution in [0.2, 0.25) is 0 Å². The molecule has 0 amide bonds. The van der Waals surface area contributed by atoms with Crippen LogP contribution in [0.3, 0.4) is 0 Å². The summed E-state index contributed by atoms with van der Waals surface area (Å²) in [5.41, 5.74) is 0.0179. The fourth-order valence-corrected chi connectivity index (χ4v) is 0.881. The van der Waals surface area contributed by atoms with Gasteiger partial charge in [-0.2, -0.15) is 11.8 Å². The highest BCUT2D eigenvalue weighted by Gasteiger charge is 2.08. The van der Waals surface area contributed by atoms with Crippen molar-refractivity contribution < 1.29 is 14.7 Å². The number of carboxylic acids is 1. The third kappa shape index (κ3) is 4.79. The predicted molar refractivity (Wildman–Crippen MR) is 49.6 cm³/mol. The summed E-state index contributed by atoms with van der Waals surface area (Å²) in [4.78, 5) is 15.1. The van der Waals surface area contributed by atoms with Gasteiger partial charge in [-0.05, 0) is 6.26 Å². The minimum absolute atomic E-state index is 0.0179. The van der Waals surface area contributed by atoms with Crippen LogP contribution in [0.25, 0.3) is 0 Å². The predicted octanol–water partition coefficient (Wildman–Crippen LogP) is 0.993. The van der Waals surface area contributed by atoms with Crippen LogP contribution in [0.4, 0.5) is 0 Å². The van der Waals surface area contributed by atoms with Crippen molar-refractivity contribution in [3.05, 3.63) is 12.7 Å². The molecule has 4 nitrogen and oxygen atoms in total. The lowest BCUT2D eigenvalue weighted by atomic mass is 10.4. The van der Waals surface area contributed by atoms with Crippen LogP contribution in [0.1, 0.15) is 0 Å². The van der Waals surface area contributed by atoms with Crippen LogP contribution in [0, 0.1) is 0 Å². The standard InChI is InChI=1S/C7H11NO3S/c1-3-4-11-8-6(5-12-2)7(9)10/h3H,1,4-5H2,2H3,(H,9,10). The van der Waals surface area contributed by atoms with E-state index in [9.17, 15) is 4.79 Å². The molecular weight excluding hydrogens is 178 g/mol. The third-order valence-electron chi connectivity index (χ3n) is 0.895. The van der Waals surface area contributed by atoms with Gasteiger partial charge in [0.25, 0.3) is 0 Å². The Labute approximate surface area is 75.3 Å². The van der Waals surface area contributed by atoms with Crippen molar-refractivity contribution in [1.82, 2.24) is 0 Å². The zero-order valence-electron chi connectivity index (χ0n) is 6.82. The van der Waals surface area contributed by atoms with E-state index in [4.69, 9.17) is 5.11 Å². The van der Waals surface area contributed by atoms with Crippen LogP contribution in [0.5, 0.6) is 0 Å². The fraction of sp³-hybridized carbons (Fsp3) is 0.429. The number of nitrogens with zero attached hydrogens (tertiary/aromatic N) is 1. The second-order valence-electron chi connectivity index (χ2n) is 1.86. The average Bonchev–Trinajstić information content (AvgIpc) is 2.03. The molecule has 0 aliphatic carbocycles. The molecule has 0 saturated carbocycles. The summed E-state index contributed by atoms with van der Waals surface area (Å²) in [6.07, 6.45) is 3.30. The van der Waals surface area contributed by atoms with Crippen LogP contribution in [-0.4, -0.2) is 35.4 Å². The van der Waals surface area contributed by atoms with Crippen molar-refractivity contribution in [2.24, 2.45) is 5.16 Å². The highest BCUT2D eigenvalue weighted by atomic mass is 32.2. The summed E-state index contributed by atoms with van der Waals surface area (Å²) < 4.78 is 0. The molecule has 5 heteroatoms. The van der Waals surface area contributed by atoms with Gasteiger partial charge in [0.2, 0.25) is 0 Å². The van der Waals surface area contributed by atoms with Crippen molar-refractivity contribution in [1.29, 1.82) is 0 Å². The second kappa shape index (κ2) is 6.72. The number of thioether (sulfide) groups is 1. The summed E-state index contributed by atoms with van der Waals surface area (Å²) in [6.45, 7) is 3.63. The highest BCUT2D eigenvalue weighted by Crippen LogP contribution is 1.95. The van der Waals surface area contributed by atoms with Gasteiger partial charge in [0, 0.05) is 5.75 Å². The summed E-state index contributed by atoms with van der Waals surface area (Å²) in [6, 6.07) is 0. The van der Waals surface area contributed by atoms with Crippen LogP contribution in [-0.2, 0) is 9.63 Å². The Morgan fingerprint density at radius 1 is 1.83 bits per heavy atom. The quantitative estimate of drug-likeness (QED) is 0.293. The van der Waals surface area contributed by atoms with E-state index in [1.165, 1.54) is 17.8 Å². The van der Waals surface area contributed by atoms with Crippen LogP contribution in [0.15, 0.2) is 17.8 Å². The molecule has 0 fully saturated rings. The first-order valence-corrected chi connectivity index (χ1v) is 4.63. The Bertz CT molecular complexity index is 191. The Balaban J connectivity index is 3.98. The van der Waals surface area contributed by atoms with Gasteiger partial charge in [-0.15, -0.1) is 0 Å². The minimum atomic E-state index is -1.05. The Morgan fingerprint density at radius 3 is 2.92 bits per heavy atom. The number of carboxylic acid groups (broad SMARTS) is 1. The van der Waals surface area contributed by atoms with Crippen molar-refractivity contribution in [3.8, 4) is 0 Å². The molecule has 0 aromatic carbocycles. The maximum absolute atomic E-state index is 10.4. The van der Waals surface area contributed by atoms with Gasteiger partial charge in [0.15, 0.2) is 5.71 Å². The molecule has 12 heavy (non-hydrogen) atoms. The molecule has 0 aliphatic heterocycles. The number of oxime groups is 1. The van der Waals surface area contributed by atoms with E-state index in [0.29, 0.717) is 5.75 Å². The summed E-state index contributed by atoms with van der Waals surface area (Å²) in [7, 11) is 0. The molecule has 0 aliphatic rings. The summed E-state index contributed by atoms with van der Waals surface area (Å²) in [5, 5.41) is 12.0. The maximum atomic E-state index is 10.4. The van der Waals surface area contributed by atoms with E-state index in [1.54, 1.807) is 6.26 Å². The topological polar surface area (TPSA) is 58.9 Å². The van der Waals surface area contributed by atoms with Gasteiger partial charge in [0.1, 0.15) is 6.61 Å². The molecule has 0 atom stereocenters. The molecule has 0 unspecified atom stereocenters. The molecule has 0 spiro atoms. The maximum Gasteiger partial charge on any atom is 0.354 e. The molecule has 0 aromatic heterocycles. The van der Waals surface area contributed by atoms with Crippen molar-refractivity contribution in [2.75, 3.05) is 18.6 Å². The molecule has 0 radical (unpaired) electrons. The van der Waals surface area contributed by atoms with Crippen LogP contribution < -0.4 is 0 Å². The first-order chi connectivity index (χ1) is 5.72. The zero-order chi connectivity index (χ0) is 9.40. The Kier molecular flexibility index (Phi) is 6.18. The minimum Gasteiger partial charge on any atom is -0.477 e. The van der Waals surface area contributed by atoms with E-state index >= 15 is 0 Å². The largest absolute Gasteiger partial charge is 0.477 e. The summed E-state index contributed by atoms with van der Waals surface area (Å²) >= 11 is 1.38. The zero-order valence-corrected chi connectivity index (χ0v) is 7.63. The Morgan fingerprint density at radius 2 is 2.50 bits per heavy atom. The van der Waals surface area contributed by atoms with E-state index in [-0.39, 0.29) is 12.3 Å². The van der Waals surface area contributed by atoms with E-state index in [1.807, 2.05) is 0 Å². The van der Waals surface area contributed by atoms with Gasteiger partial charge in [-0.1, -0.05) is 17.8 Å². The van der Waals surface area contributed by atoms with Crippen molar-refractivity contribution in [3.63, 3.8) is 0 Å². The monoisotopic (exact) mass is 189 g/mol. The SMILES string of the molecule is C=CCON=C(CSC)C(=O)O. The smallest absolute Gasteiger partial charge is 0.354 e. The number of hydrogen-bond acceptors (Lipinski definition) is 4. The molecular formula is C7H11NO3S. The molecule has 0 rings (SSSR count). The van der Waals surface area contributed by atoms with Gasteiger partial charge >= 0.3 is 5.97 Å². The molecule has 0 bridgehead atoms. The molecule has 0 heterocycles. The second-order valence-corrected chi connectivity index (χ2v) is 2.73. The molecule has 0 aromatic rings. The Hall–Kier alpha value is -0.970. The molecule has 68 valence electrons. The van der Waals surface area contributed by atoms with Gasteiger partial charge in [-0.25, -0.2) is 4.79 Å². The first kappa shape index (κ1) is 11.0. The lowest BCUT2D eigenvalue weighted by Gasteiger charge is -1.97. The molecule has 1 N–H and O–H groups in total. The number of aliphatic carboxylic acids is 1. The lowest BCUT2D eigenvalue weighted by molar-refractivity contribution is -0.129. The number of rotatable bonds is 6. The van der Waals surface area contributed by atoms with Crippen LogP contribution >= 0.6 is 11.8 Å². The van der Waals surface area contributed by atoms with Crippen molar-refractivity contribution in [2.45, 2.75) is 0 Å². The third-order valence-corrected chi connectivity index (χ3v) is 1.46. The van der Waals surface area contributed by atoms with E-state index in [2.05, 4.69) is 16.6 Å². The van der Waals surface area contributed by atoms with Gasteiger partial charge in [0.05, 0.1) is 0 Å². The van der Waals surface area contributed by atoms with E-state index < -0.39 is 5.97 Å². The van der Waals surface area contributed by atoms with E-state index in [0.717, 1.165) is 0 Å². The average molecular weight is 189 g/mol. The highest BCUT2D eigenvalue weighted by molar-refractivity contribution is 7.99. The first-order valence-electron chi connectivity index (χ1n) is 3.24. The van der Waals surface area contributed by atoms with Crippen molar-refractivity contribution >= 4 is 23.4 Å². The molecule has 0 saturated heterocycles. The normalized spacial score (nSPS) is 10.9. The lowest BCUT2D eigenvalue weighted by Crippen LogP contribution is -2.16. The number of carbonyl (C=O) groups is 1. The summed E-state index contributed by atoms with van der Waals surface area (Å²) in [5.74, 6) is -0.708. The van der Waals surface area contributed by atoms with Gasteiger partial charge < -0.3 is 9.94 Å². The number of hydrogen-bond donors (Lipinski definition) is 1. The van der Waals surface area contributed by atoms with Gasteiger partial charge in [-0.3, -0.25) is 0 Å². The fourth-order valence-electron chi connectivity index (χ4n) is 0.432.